The van der Waals surface area contributed by atoms with E-state index in [4.69, 9.17) is 16.3 Å². The second kappa shape index (κ2) is 9.78. The van der Waals surface area contributed by atoms with E-state index >= 15 is 0 Å². The predicted molar refractivity (Wildman–Crippen MR) is 131 cm³/mol. The fourth-order valence-electron chi connectivity index (χ4n) is 4.11. The summed E-state index contributed by atoms with van der Waals surface area (Å²) in [5.41, 5.74) is 1.32. The molecule has 0 saturated heterocycles. The van der Waals surface area contributed by atoms with Crippen molar-refractivity contribution in [2.75, 3.05) is 7.11 Å². The van der Waals surface area contributed by atoms with Gasteiger partial charge in [0.15, 0.2) is 5.54 Å². The Bertz CT molecular complexity index is 1340. The molecule has 1 aliphatic rings. The van der Waals surface area contributed by atoms with Crippen molar-refractivity contribution in [1.82, 2.24) is 4.90 Å². The Hall–Kier alpha value is -4.14. The van der Waals surface area contributed by atoms with Crippen LogP contribution in [0.15, 0.2) is 90.6 Å². The molecule has 0 aromatic heterocycles. The smallest absolute Gasteiger partial charge is 0.333 e. The molecule has 1 atom stereocenters. The van der Waals surface area contributed by atoms with Crippen molar-refractivity contribution >= 4 is 35.6 Å². The zero-order chi connectivity index (χ0) is 24.1. The minimum Gasteiger partial charge on any atom is -0.466 e. The maximum Gasteiger partial charge on any atom is 0.333 e. The molecule has 1 heterocycles. The third-order valence-corrected chi connectivity index (χ3v) is 5.97. The number of methoxy groups -OCH3 is 1. The molecular formula is C28H21ClN2O3. The molecule has 1 unspecified atom stereocenters. The van der Waals surface area contributed by atoms with Crippen molar-refractivity contribution in [3.63, 3.8) is 0 Å². The van der Waals surface area contributed by atoms with Gasteiger partial charge in [-0.1, -0.05) is 72.3 Å². The van der Waals surface area contributed by atoms with Crippen LogP contribution in [-0.4, -0.2) is 23.9 Å². The van der Waals surface area contributed by atoms with Crippen LogP contribution in [-0.2, 0) is 15.1 Å². The zero-order valence-corrected chi connectivity index (χ0v) is 19.2. The molecule has 1 aliphatic heterocycles. The van der Waals surface area contributed by atoms with Gasteiger partial charge >= 0.3 is 5.97 Å². The fourth-order valence-corrected chi connectivity index (χ4v) is 4.30. The van der Waals surface area contributed by atoms with E-state index in [1.165, 1.54) is 12.0 Å². The van der Waals surface area contributed by atoms with E-state index in [1.54, 1.807) is 48.7 Å². The minimum atomic E-state index is -1.49. The number of nitriles is 1. The first-order chi connectivity index (χ1) is 16.5. The predicted octanol–water partition coefficient (Wildman–Crippen LogP) is 5.83. The van der Waals surface area contributed by atoms with E-state index in [2.05, 4.69) is 6.07 Å². The van der Waals surface area contributed by atoms with E-state index in [1.807, 2.05) is 48.5 Å². The quantitative estimate of drug-likeness (QED) is 0.349. The third-order valence-electron chi connectivity index (χ3n) is 5.73. The van der Waals surface area contributed by atoms with Crippen LogP contribution in [0.5, 0.6) is 0 Å². The van der Waals surface area contributed by atoms with Crippen molar-refractivity contribution in [2.24, 2.45) is 0 Å². The lowest BCUT2D eigenvalue weighted by Crippen LogP contribution is -2.48. The first-order valence-electron chi connectivity index (χ1n) is 10.6. The van der Waals surface area contributed by atoms with Crippen LogP contribution in [0.2, 0.25) is 5.02 Å². The average molecular weight is 469 g/mol. The van der Waals surface area contributed by atoms with Crippen molar-refractivity contribution in [2.45, 2.75) is 12.0 Å². The zero-order valence-electron chi connectivity index (χ0n) is 18.4. The highest BCUT2D eigenvalue weighted by atomic mass is 35.5. The van der Waals surface area contributed by atoms with Gasteiger partial charge in [0.05, 0.1) is 13.2 Å². The monoisotopic (exact) mass is 468 g/mol. The topological polar surface area (TPSA) is 70.4 Å². The molecule has 0 N–H and O–H groups in total. The summed E-state index contributed by atoms with van der Waals surface area (Å²) >= 11 is 6.12. The molecular weight excluding hydrogens is 448 g/mol. The first kappa shape index (κ1) is 23.0. The van der Waals surface area contributed by atoms with E-state index in [0.29, 0.717) is 16.1 Å². The van der Waals surface area contributed by atoms with Crippen molar-refractivity contribution < 1.29 is 14.3 Å². The van der Waals surface area contributed by atoms with Gasteiger partial charge in [0.2, 0.25) is 0 Å². The summed E-state index contributed by atoms with van der Waals surface area (Å²) in [6, 6.07) is 25.6. The summed E-state index contributed by atoms with van der Waals surface area (Å²) in [4.78, 5) is 27.8. The van der Waals surface area contributed by atoms with Gasteiger partial charge < -0.3 is 4.74 Å². The van der Waals surface area contributed by atoms with Crippen molar-refractivity contribution in [3.8, 4) is 6.07 Å². The van der Waals surface area contributed by atoms with E-state index < -0.39 is 17.4 Å². The summed E-state index contributed by atoms with van der Waals surface area (Å²) in [5, 5.41) is 11.0. The number of rotatable bonds is 5. The van der Waals surface area contributed by atoms with Crippen LogP contribution in [0, 0.1) is 11.3 Å². The van der Waals surface area contributed by atoms with E-state index in [9.17, 15) is 14.9 Å². The molecule has 0 radical (unpaired) electrons. The van der Waals surface area contributed by atoms with Gasteiger partial charge in [0, 0.05) is 28.8 Å². The number of carbonyl (C=O) groups excluding carboxylic acids is 2. The van der Waals surface area contributed by atoms with Gasteiger partial charge in [-0.2, -0.15) is 5.26 Å². The molecule has 34 heavy (non-hydrogen) atoms. The van der Waals surface area contributed by atoms with Crippen LogP contribution in [0.1, 0.15) is 33.5 Å². The normalized spacial score (nSPS) is 17.0. The highest BCUT2D eigenvalue weighted by Gasteiger charge is 2.46. The van der Waals surface area contributed by atoms with Gasteiger partial charge in [-0.15, -0.1) is 0 Å². The first-order valence-corrected chi connectivity index (χ1v) is 11.0. The number of ether oxygens (including phenoxy) is 1. The number of fused-ring (bicyclic) bond motifs is 1. The third kappa shape index (κ3) is 4.36. The summed E-state index contributed by atoms with van der Waals surface area (Å²) in [7, 11) is 1.30. The second-order valence-electron chi connectivity index (χ2n) is 7.81. The van der Waals surface area contributed by atoms with Gasteiger partial charge in [0.25, 0.3) is 5.91 Å². The van der Waals surface area contributed by atoms with Crippen molar-refractivity contribution in [3.05, 3.63) is 118 Å². The number of hydrogen-bond donors (Lipinski definition) is 0. The molecule has 1 amide bonds. The van der Waals surface area contributed by atoms with Gasteiger partial charge in [-0.3, -0.25) is 9.69 Å². The second-order valence-corrected chi connectivity index (χ2v) is 8.25. The molecule has 0 saturated carbocycles. The maximum absolute atomic E-state index is 13.6. The Balaban J connectivity index is 1.88. The van der Waals surface area contributed by atoms with Crippen LogP contribution >= 0.6 is 11.6 Å². The molecule has 0 aliphatic carbocycles. The molecule has 0 spiro atoms. The largest absolute Gasteiger partial charge is 0.466 e. The van der Waals surface area contributed by atoms with Gasteiger partial charge in [0.1, 0.15) is 0 Å². The number of nitrogens with zero attached hydrogens (tertiary/aromatic N) is 2. The molecule has 3 aromatic carbocycles. The van der Waals surface area contributed by atoms with E-state index in [-0.39, 0.29) is 12.0 Å². The Kier molecular flexibility index (Phi) is 6.62. The molecule has 0 bridgehead atoms. The molecule has 0 fully saturated rings. The Morgan fingerprint density at radius 1 is 1.06 bits per heavy atom. The average Bonchev–Trinajstić information content (AvgIpc) is 2.88. The minimum absolute atomic E-state index is 0.0707. The summed E-state index contributed by atoms with van der Waals surface area (Å²) < 4.78 is 5.04. The Morgan fingerprint density at radius 3 is 2.50 bits per heavy atom. The lowest BCUT2D eigenvalue weighted by molar-refractivity contribution is -0.136. The number of hydrogen-bond acceptors (Lipinski definition) is 4. The lowest BCUT2D eigenvalue weighted by Gasteiger charge is -2.40. The molecule has 4 rings (SSSR count). The standard InChI is InChI=1S/C28H21ClN2O3/c1-34-27(33)23(16-20-8-3-2-4-9-20)18-28(19-30)25-13-6-5-10-21(25)14-15-31(28)26(32)22-11-7-12-24(29)17-22/h2-17H,18H2,1H3/b23-16+. The highest BCUT2D eigenvalue weighted by molar-refractivity contribution is 6.31. The number of halogens is 1. The van der Waals surface area contributed by atoms with Crippen LogP contribution in [0.4, 0.5) is 0 Å². The van der Waals surface area contributed by atoms with Crippen molar-refractivity contribution in [1.29, 1.82) is 5.26 Å². The summed E-state index contributed by atoms with van der Waals surface area (Å²) in [5.74, 6) is -0.973. The Labute approximate surface area is 203 Å². The molecule has 6 heteroatoms. The van der Waals surface area contributed by atoms with Gasteiger partial charge in [-0.25, -0.2) is 4.79 Å². The summed E-state index contributed by atoms with van der Waals surface area (Å²) in [6.07, 6.45) is 4.99. The van der Waals surface area contributed by atoms with Gasteiger partial charge in [-0.05, 0) is 47.0 Å². The molecule has 168 valence electrons. The van der Waals surface area contributed by atoms with Crippen LogP contribution < -0.4 is 0 Å². The SMILES string of the molecule is COC(=O)/C(=C/c1ccccc1)CC1(C#N)c2ccccc2C=CN1C(=O)c1cccc(Cl)c1. The van der Waals surface area contributed by atoms with Crippen LogP contribution in [0.25, 0.3) is 12.2 Å². The number of benzene rings is 3. The maximum atomic E-state index is 13.6. The Morgan fingerprint density at radius 2 is 1.79 bits per heavy atom. The van der Waals surface area contributed by atoms with Crippen LogP contribution in [0.3, 0.4) is 0 Å². The van der Waals surface area contributed by atoms with E-state index in [0.717, 1.165) is 11.1 Å². The number of carbonyl (C=O) groups is 2. The summed E-state index contributed by atoms with van der Waals surface area (Å²) in [6.45, 7) is 0. The highest BCUT2D eigenvalue weighted by Crippen LogP contribution is 2.42. The number of esters is 1. The molecule has 5 nitrogen and oxygen atoms in total. The number of amides is 1. The fraction of sp³-hybridized carbons (Fsp3) is 0.107. The molecule has 3 aromatic rings. The lowest BCUT2D eigenvalue weighted by atomic mass is 9.78.